The molecule has 0 atom stereocenters. The van der Waals surface area contributed by atoms with Crippen LogP contribution in [-0.4, -0.2) is 31.0 Å². The zero-order valence-corrected chi connectivity index (χ0v) is 16.7. The third-order valence-corrected chi connectivity index (χ3v) is 5.08. The van der Waals surface area contributed by atoms with Crippen molar-refractivity contribution in [1.82, 2.24) is 10.3 Å². The molecule has 3 N–H and O–H groups in total. The highest BCUT2D eigenvalue weighted by atomic mass is 16.5. The molecule has 1 heterocycles. The number of hydrogen-bond donors (Lipinski definition) is 2. The minimum absolute atomic E-state index is 0.255. The molecule has 2 aliphatic rings. The summed E-state index contributed by atoms with van der Waals surface area (Å²) in [4.78, 5) is 26.1. The summed E-state index contributed by atoms with van der Waals surface area (Å²) < 4.78 is 4.88. The minimum atomic E-state index is -0.528. The van der Waals surface area contributed by atoms with Crippen molar-refractivity contribution in [1.29, 1.82) is 0 Å². The van der Waals surface area contributed by atoms with Crippen LogP contribution < -0.4 is 15.8 Å². The van der Waals surface area contributed by atoms with Gasteiger partial charge in [0.2, 0.25) is 11.8 Å². The molecule has 1 spiro atoms. The molecule has 1 aromatic heterocycles. The maximum Gasteiger partial charge on any atom is 0.254 e. The van der Waals surface area contributed by atoms with Crippen LogP contribution in [0.25, 0.3) is 0 Å². The summed E-state index contributed by atoms with van der Waals surface area (Å²) in [7, 11) is 3.19. The Balaban J connectivity index is 0.000000238. The molecular formula is C20H33N3O3. The highest BCUT2D eigenvalue weighted by molar-refractivity contribution is 5.95. The molecule has 26 heavy (non-hydrogen) atoms. The standard InChI is InChI=1S/C10H17NO.C8H10N2O2.C2H6/c1-11-9(12)8-2-4-10(5-3-8)6-7-10;1-5-3-4-6(7(9)11)8(10-5)12-2;1-2/h8H,2-7H2,1H3,(H,11,12);3-4H,1-2H3,(H2,9,11);1-2H3. The highest BCUT2D eigenvalue weighted by Gasteiger charge is 2.45. The lowest BCUT2D eigenvalue weighted by atomic mass is 9.79. The molecule has 2 saturated carbocycles. The van der Waals surface area contributed by atoms with Crippen LogP contribution in [0.1, 0.15) is 68.4 Å². The van der Waals surface area contributed by atoms with E-state index in [0.29, 0.717) is 16.9 Å². The Morgan fingerprint density at radius 1 is 1.19 bits per heavy atom. The van der Waals surface area contributed by atoms with Crippen LogP contribution in [0.4, 0.5) is 0 Å². The maximum atomic E-state index is 11.3. The van der Waals surface area contributed by atoms with E-state index in [-0.39, 0.29) is 11.8 Å². The molecule has 6 heteroatoms. The molecule has 0 unspecified atom stereocenters. The van der Waals surface area contributed by atoms with Crippen LogP contribution in [-0.2, 0) is 4.79 Å². The van der Waals surface area contributed by atoms with Crippen LogP contribution in [0.15, 0.2) is 12.1 Å². The number of aryl methyl sites for hydroxylation is 1. The summed E-state index contributed by atoms with van der Waals surface area (Å²) >= 11 is 0. The van der Waals surface area contributed by atoms with Gasteiger partial charge in [0.05, 0.1) is 7.11 Å². The third-order valence-electron chi connectivity index (χ3n) is 5.08. The first-order chi connectivity index (χ1) is 12.4. The minimum Gasteiger partial charge on any atom is -0.480 e. The summed E-state index contributed by atoms with van der Waals surface area (Å²) in [6, 6.07) is 3.31. The predicted octanol–water partition coefficient (Wildman–Crippen LogP) is 3.23. The fourth-order valence-electron chi connectivity index (χ4n) is 3.25. The van der Waals surface area contributed by atoms with Crippen LogP contribution in [0.5, 0.6) is 5.88 Å². The third kappa shape index (κ3) is 6.00. The number of aromatic nitrogens is 1. The van der Waals surface area contributed by atoms with Crippen molar-refractivity contribution in [2.45, 2.75) is 59.3 Å². The average molecular weight is 364 g/mol. The van der Waals surface area contributed by atoms with E-state index in [4.69, 9.17) is 10.5 Å². The number of ether oxygens (including phenoxy) is 1. The van der Waals surface area contributed by atoms with Crippen molar-refractivity contribution in [3.63, 3.8) is 0 Å². The van der Waals surface area contributed by atoms with E-state index in [1.165, 1.54) is 32.8 Å². The molecule has 2 fully saturated rings. The predicted molar refractivity (Wildman–Crippen MR) is 103 cm³/mol. The van der Waals surface area contributed by atoms with Gasteiger partial charge < -0.3 is 15.8 Å². The van der Waals surface area contributed by atoms with Gasteiger partial charge in [-0.1, -0.05) is 13.8 Å². The lowest BCUT2D eigenvalue weighted by molar-refractivity contribution is -0.125. The van der Waals surface area contributed by atoms with Gasteiger partial charge in [-0.3, -0.25) is 9.59 Å². The molecule has 0 aliphatic heterocycles. The van der Waals surface area contributed by atoms with E-state index in [2.05, 4.69) is 10.3 Å². The Hall–Kier alpha value is -2.11. The summed E-state index contributed by atoms with van der Waals surface area (Å²) in [5, 5.41) is 2.74. The Bertz CT molecular complexity index is 602. The van der Waals surface area contributed by atoms with Crippen molar-refractivity contribution >= 4 is 11.8 Å². The van der Waals surface area contributed by atoms with Crippen LogP contribution in [0, 0.1) is 18.3 Å². The van der Waals surface area contributed by atoms with Gasteiger partial charge in [-0.2, -0.15) is 0 Å². The SMILES string of the molecule is CC.CNC(=O)C1CCC2(CC1)CC2.COc1nc(C)ccc1C(N)=O. The number of carbonyl (C=O) groups is 2. The molecule has 0 bridgehead atoms. The van der Waals surface area contributed by atoms with E-state index in [9.17, 15) is 9.59 Å². The number of pyridine rings is 1. The number of nitrogens with one attached hydrogen (secondary N) is 1. The summed E-state index contributed by atoms with van der Waals surface area (Å²) in [5.41, 5.74) is 6.89. The van der Waals surface area contributed by atoms with Crippen molar-refractivity contribution in [2.75, 3.05) is 14.2 Å². The monoisotopic (exact) mass is 363 g/mol. The molecule has 6 nitrogen and oxygen atoms in total. The number of methoxy groups -OCH3 is 1. The van der Waals surface area contributed by atoms with E-state index >= 15 is 0 Å². The first kappa shape index (κ1) is 21.9. The normalized spacial score (nSPS) is 17.1. The lowest BCUT2D eigenvalue weighted by Gasteiger charge is -2.26. The van der Waals surface area contributed by atoms with E-state index in [0.717, 1.165) is 18.5 Å². The van der Waals surface area contributed by atoms with Crippen LogP contribution in [0.2, 0.25) is 0 Å². The van der Waals surface area contributed by atoms with Gasteiger partial charge in [-0.05, 0) is 63.0 Å². The topological polar surface area (TPSA) is 94.3 Å². The van der Waals surface area contributed by atoms with E-state index < -0.39 is 5.91 Å². The van der Waals surface area contributed by atoms with Gasteiger partial charge >= 0.3 is 0 Å². The lowest BCUT2D eigenvalue weighted by Crippen LogP contribution is -2.30. The summed E-state index contributed by atoms with van der Waals surface area (Å²) in [6.07, 6.45) is 7.69. The number of rotatable bonds is 3. The molecule has 0 aromatic carbocycles. The number of carbonyl (C=O) groups excluding carboxylic acids is 2. The fraction of sp³-hybridized carbons (Fsp3) is 0.650. The molecule has 0 radical (unpaired) electrons. The molecule has 146 valence electrons. The Morgan fingerprint density at radius 2 is 1.77 bits per heavy atom. The van der Waals surface area contributed by atoms with Crippen molar-refractivity contribution in [3.05, 3.63) is 23.4 Å². The first-order valence-electron chi connectivity index (χ1n) is 9.44. The Kier molecular flexibility index (Phi) is 8.55. The van der Waals surface area contributed by atoms with Crippen molar-refractivity contribution in [3.8, 4) is 5.88 Å². The summed E-state index contributed by atoms with van der Waals surface area (Å²) in [6.45, 7) is 5.81. The van der Waals surface area contributed by atoms with Crippen molar-refractivity contribution in [2.24, 2.45) is 17.1 Å². The number of amides is 2. The van der Waals surface area contributed by atoms with Gasteiger partial charge in [-0.25, -0.2) is 4.98 Å². The number of nitrogens with two attached hydrogens (primary N) is 1. The summed E-state index contributed by atoms with van der Waals surface area (Å²) in [5.74, 6) is 0.327. The van der Waals surface area contributed by atoms with Gasteiger partial charge in [0.15, 0.2) is 0 Å². The number of hydrogen-bond acceptors (Lipinski definition) is 4. The molecule has 3 rings (SSSR count). The van der Waals surface area contributed by atoms with E-state index in [1.54, 1.807) is 19.2 Å². The Labute approximate surface area is 156 Å². The number of nitrogens with zero attached hydrogens (tertiary/aromatic N) is 1. The number of primary amides is 1. The molecule has 0 saturated heterocycles. The quantitative estimate of drug-likeness (QED) is 0.862. The molecule has 2 amide bonds. The second-order valence-corrected chi connectivity index (χ2v) is 6.76. The van der Waals surface area contributed by atoms with Gasteiger partial charge in [-0.15, -0.1) is 0 Å². The zero-order chi connectivity index (χ0) is 19.7. The molecular weight excluding hydrogens is 330 g/mol. The average Bonchev–Trinajstić information content (AvgIpc) is 3.42. The second-order valence-electron chi connectivity index (χ2n) is 6.76. The zero-order valence-electron chi connectivity index (χ0n) is 16.7. The Morgan fingerprint density at radius 3 is 2.19 bits per heavy atom. The smallest absolute Gasteiger partial charge is 0.254 e. The maximum absolute atomic E-state index is 11.3. The first-order valence-corrected chi connectivity index (χ1v) is 9.44. The van der Waals surface area contributed by atoms with Gasteiger partial charge in [0.25, 0.3) is 5.91 Å². The molecule has 2 aliphatic carbocycles. The van der Waals surface area contributed by atoms with Crippen LogP contribution in [0.3, 0.4) is 0 Å². The molecule has 1 aromatic rings. The van der Waals surface area contributed by atoms with Gasteiger partial charge in [0.1, 0.15) is 5.56 Å². The van der Waals surface area contributed by atoms with E-state index in [1.807, 2.05) is 20.8 Å². The van der Waals surface area contributed by atoms with Crippen molar-refractivity contribution < 1.29 is 14.3 Å². The van der Waals surface area contributed by atoms with Crippen LogP contribution >= 0.6 is 0 Å². The highest BCUT2D eigenvalue weighted by Crippen LogP contribution is 2.57. The fourth-order valence-corrected chi connectivity index (χ4v) is 3.25. The van der Waals surface area contributed by atoms with Gasteiger partial charge in [0, 0.05) is 18.7 Å². The largest absolute Gasteiger partial charge is 0.480 e. The second kappa shape index (κ2) is 10.1.